The van der Waals surface area contributed by atoms with Gasteiger partial charge in [0.25, 0.3) is 0 Å². The van der Waals surface area contributed by atoms with Crippen LogP contribution in [-0.2, 0) is 27.5 Å². The van der Waals surface area contributed by atoms with E-state index in [9.17, 15) is 17.4 Å². The molecule has 3 aromatic carbocycles. The fourth-order valence-electron chi connectivity index (χ4n) is 3.55. The molecule has 1 heterocycles. The third-order valence-electron chi connectivity index (χ3n) is 5.28. The van der Waals surface area contributed by atoms with Crippen LogP contribution in [0.15, 0.2) is 83.9 Å². The maximum atomic E-state index is 13.2. The quantitative estimate of drug-likeness (QED) is 0.203. The van der Waals surface area contributed by atoms with Crippen molar-refractivity contribution in [3.05, 3.63) is 90.1 Å². The molecule has 0 aliphatic rings. The van der Waals surface area contributed by atoms with Crippen LogP contribution in [-0.4, -0.2) is 16.6 Å². The van der Waals surface area contributed by atoms with Crippen LogP contribution >= 0.6 is 0 Å². The van der Waals surface area contributed by atoms with Gasteiger partial charge in [0.2, 0.25) is 5.95 Å². The molecule has 0 aliphatic carbocycles. The van der Waals surface area contributed by atoms with E-state index < -0.39 is 22.3 Å². The van der Waals surface area contributed by atoms with Gasteiger partial charge < -0.3 is 24.4 Å². The van der Waals surface area contributed by atoms with Crippen molar-refractivity contribution in [1.29, 1.82) is 4.78 Å². The predicted octanol–water partition coefficient (Wildman–Crippen LogP) is 7.00. The zero-order valence-electron chi connectivity index (χ0n) is 19.7. The minimum atomic E-state index is -4.44. The molecule has 4 rings (SSSR count). The Bertz CT molecular complexity index is 1450. The summed E-state index contributed by atoms with van der Waals surface area (Å²) in [5.41, 5.74) is 1.67. The Kier molecular flexibility index (Phi) is 7.92. The lowest BCUT2D eigenvalue weighted by Crippen LogP contribution is -2.09. The number of anilines is 3. The van der Waals surface area contributed by atoms with Gasteiger partial charge in [0.15, 0.2) is 0 Å². The van der Waals surface area contributed by atoms with Crippen molar-refractivity contribution in [2.24, 2.45) is 0 Å². The van der Waals surface area contributed by atoms with E-state index in [0.29, 0.717) is 39.9 Å². The minimum Gasteiger partial charge on any atom is -0.494 e. The summed E-state index contributed by atoms with van der Waals surface area (Å²) in [4.78, 5) is 9.25. The van der Waals surface area contributed by atoms with E-state index in [-0.39, 0.29) is 12.5 Å². The normalized spacial score (nSPS) is 11.4. The molecule has 0 amide bonds. The lowest BCUT2D eigenvalue weighted by atomic mass is 10.1. The van der Waals surface area contributed by atoms with Crippen molar-refractivity contribution in [2.45, 2.75) is 24.5 Å². The number of rotatable bonds is 9. The highest BCUT2D eigenvalue weighted by Gasteiger charge is 2.30. The van der Waals surface area contributed by atoms with Gasteiger partial charge in [0, 0.05) is 24.0 Å². The maximum absolute atomic E-state index is 13.2. The van der Waals surface area contributed by atoms with Crippen LogP contribution < -0.4 is 15.4 Å². The number of alkyl halides is 3. The summed E-state index contributed by atoms with van der Waals surface area (Å²) in [6.45, 7) is 2.51. The average Bonchev–Trinajstić information content (AvgIpc) is 2.88. The van der Waals surface area contributed by atoms with E-state index in [0.717, 1.165) is 17.7 Å². The summed E-state index contributed by atoms with van der Waals surface area (Å²) in [5, 5.41) is 6.16. The molecule has 0 unspecified atom stereocenters. The molecule has 3 N–H and O–H groups in total. The first kappa shape index (κ1) is 26.0. The molecule has 1 aromatic heterocycles. The van der Waals surface area contributed by atoms with Crippen LogP contribution in [0.1, 0.15) is 18.1 Å². The van der Waals surface area contributed by atoms with E-state index in [1.165, 1.54) is 6.07 Å². The van der Waals surface area contributed by atoms with E-state index in [1.54, 1.807) is 36.5 Å². The first-order valence-electron chi connectivity index (χ1n) is 11.2. The highest BCUT2D eigenvalue weighted by Crippen LogP contribution is 2.31. The summed E-state index contributed by atoms with van der Waals surface area (Å²) in [7, 11) is -1.90. The van der Waals surface area contributed by atoms with Crippen LogP contribution in [0.3, 0.4) is 0 Å². The number of nitrogens with one attached hydrogen (secondary N) is 3. The van der Waals surface area contributed by atoms with Gasteiger partial charge in [-0.2, -0.15) is 28.8 Å². The molecule has 7 nitrogen and oxygen atoms in total. The second-order valence-electron chi connectivity index (χ2n) is 7.89. The number of benzene rings is 3. The summed E-state index contributed by atoms with van der Waals surface area (Å²) in [6, 6.07) is 18.9. The molecule has 0 bridgehead atoms. The smallest absolute Gasteiger partial charge is 0.416 e. The summed E-state index contributed by atoms with van der Waals surface area (Å²) >= 11 is 0. The van der Waals surface area contributed by atoms with E-state index in [2.05, 4.69) is 20.6 Å². The second kappa shape index (κ2) is 11.3. The summed E-state index contributed by atoms with van der Waals surface area (Å²) in [5.74, 6) is 1.32. The number of nitrogens with zero attached hydrogens (tertiary/aromatic N) is 2. The lowest BCUT2D eigenvalue weighted by molar-refractivity contribution is -0.137. The molecule has 0 atom stereocenters. The Morgan fingerprint density at radius 3 is 2.49 bits per heavy atom. The highest BCUT2D eigenvalue weighted by atomic mass is 32.2. The molecule has 0 saturated carbocycles. The van der Waals surface area contributed by atoms with E-state index in [4.69, 9.17) is 9.52 Å². The number of hydrogen-bond acceptors (Lipinski definition) is 8. The monoisotopic (exact) mass is 526 g/mol. The molecule has 0 fully saturated rings. The Hall–Kier alpha value is -4.12. The van der Waals surface area contributed by atoms with Crippen molar-refractivity contribution < 1.29 is 22.1 Å². The fourth-order valence-corrected chi connectivity index (χ4v) is 3.98. The van der Waals surface area contributed by atoms with E-state index >= 15 is 0 Å². The van der Waals surface area contributed by atoms with Crippen LogP contribution in [0.2, 0.25) is 0 Å². The molecule has 0 saturated heterocycles. The zero-order chi connectivity index (χ0) is 26.4. The number of hydrogen-bond donors (Lipinski definition) is 3. The third kappa shape index (κ3) is 6.76. The largest absolute Gasteiger partial charge is 0.494 e. The molecule has 11 heteroatoms. The van der Waals surface area contributed by atoms with Gasteiger partial charge in [-0.15, -0.1) is 0 Å². The van der Waals surface area contributed by atoms with Gasteiger partial charge in [0.05, 0.1) is 12.2 Å². The number of ether oxygens (including phenoxy) is 1. The molecule has 4 aromatic rings. The standard InChI is InChI=1S/C26H23F3N5O2S/c1-2-36-21-11-9-18(10-12-21)23-16-32-25(33-20-7-4-8-22(14-20)37(30)35)34-24(23)31-15-17-5-3-6-19(13-17)26(27,28)29/h3-14,16,30H,2,15H2,1H3,(H2,31,32,33,34)/q-1. The Balaban J connectivity index is 1.65. The van der Waals surface area contributed by atoms with Gasteiger partial charge in [-0.25, -0.2) is 4.98 Å². The Labute approximate surface area is 213 Å². The summed E-state index contributed by atoms with van der Waals surface area (Å²) < 4.78 is 63.9. The van der Waals surface area contributed by atoms with Gasteiger partial charge >= 0.3 is 6.18 Å². The zero-order valence-corrected chi connectivity index (χ0v) is 20.5. The molecular weight excluding hydrogens is 503 g/mol. The van der Waals surface area contributed by atoms with Gasteiger partial charge in [-0.1, -0.05) is 47.4 Å². The van der Waals surface area contributed by atoms with Crippen LogP contribution in [0.5, 0.6) is 5.75 Å². The molecule has 37 heavy (non-hydrogen) atoms. The minimum absolute atomic E-state index is 0.0950. The Morgan fingerprint density at radius 1 is 1.03 bits per heavy atom. The first-order valence-corrected chi connectivity index (χ1v) is 12.4. The molecule has 192 valence electrons. The van der Waals surface area contributed by atoms with Gasteiger partial charge in [0.1, 0.15) is 11.6 Å². The van der Waals surface area contributed by atoms with Crippen molar-refractivity contribution in [3.63, 3.8) is 0 Å². The number of halogens is 3. The summed E-state index contributed by atoms with van der Waals surface area (Å²) in [6.07, 6.45) is -2.83. The number of aromatic nitrogens is 2. The highest BCUT2D eigenvalue weighted by molar-refractivity contribution is 7.73. The SMILES string of the molecule is CCOc1ccc(-c2cnc(Nc3cccc([S-](=N)=O)c3)nc2NCc2cccc(C(F)(F)F)c2)cc1. The third-order valence-corrected chi connectivity index (χ3v) is 5.97. The Morgan fingerprint density at radius 2 is 1.78 bits per heavy atom. The molecule has 0 spiro atoms. The second-order valence-corrected chi connectivity index (χ2v) is 8.90. The van der Waals surface area contributed by atoms with Crippen LogP contribution in [0, 0.1) is 4.78 Å². The fraction of sp³-hybridized carbons (Fsp3) is 0.154. The maximum Gasteiger partial charge on any atom is 0.416 e. The van der Waals surface area contributed by atoms with Crippen molar-refractivity contribution in [1.82, 2.24) is 9.97 Å². The van der Waals surface area contributed by atoms with Crippen molar-refractivity contribution >= 4 is 28.0 Å². The van der Waals surface area contributed by atoms with Gasteiger partial charge in [-0.3, -0.25) is 0 Å². The van der Waals surface area contributed by atoms with Crippen LogP contribution in [0.25, 0.3) is 11.1 Å². The molecule has 0 aliphatic heterocycles. The molecule has 0 radical (unpaired) electrons. The molecular formula is C26H23F3N5O2S-. The van der Waals surface area contributed by atoms with Crippen molar-refractivity contribution in [3.8, 4) is 16.9 Å². The van der Waals surface area contributed by atoms with Gasteiger partial charge in [-0.05, 0) is 48.4 Å². The topological polar surface area (TPSA) is 100.0 Å². The van der Waals surface area contributed by atoms with E-state index in [1.807, 2.05) is 31.2 Å². The van der Waals surface area contributed by atoms with Crippen LogP contribution in [0.4, 0.5) is 30.6 Å². The van der Waals surface area contributed by atoms with Crippen molar-refractivity contribution in [2.75, 3.05) is 17.2 Å². The lowest BCUT2D eigenvalue weighted by Gasteiger charge is -2.15. The first-order chi connectivity index (χ1) is 17.7. The predicted molar refractivity (Wildman–Crippen MR) is 136 cm³/mol. The average molecular weight is 527 g/mol.